The maximum absolute atomic E-state index is 4.26. The molecular formula is C18H14N2S. The summed E-state index contributed by atoms with van der Waals surface area (Å²) < 4.78 is 4.24. The van der Waals surface area contributed by atoms with E-state index in [1.54, 1.807) is 6.08 Å². The summed E-state index contributed by atoms with van der Waals surface area (Å²) in [6, 6.07) is 22.3. The fraction of sp³-hybridized carbons (Fsp3) is 0. The molecule has 3 rings (SSSR count). The molecule has 21 heavy (non-hydrogen) atoms. The lowest BCUT2D eigenvalue weighted by Gasteiger charge is -2.01. The van der Waals surface area contributed by atoms with Gasteiger partial charge in [-0.1, -0.05) is 61.2 Å². The quantitative estimate of drug-likeness (QED) is 0.410. The Morgan fingerprint density at radius 1 is 0.905 bits per heavy atom. The minimum absolute atomic E-state index is 0.833. The van der Waals surface area contributed by atoms with E-state index in [0.717, 1.165) is 16.1 Å². The van der Waals surface area contributed by atoms with Crippen molar-refractivity contribution in [1.29, 1.82) is 0 Å². The molecule has 0 aromatic heterocycles. The third-order valence-electron chi connectivity index (χ3n) is 3.15. The highest BCUT2D eigenvalue weighted by molar-refractivity contribution is 7.98. The molecule has 0 fully saturated rings. The zero-order valence-corrected chi connectivity index (χ0v) is 12.3. The van der Waals surface area contributed by atoms with E-state index in [9.17, 15) is 0 Å². The third kappa shape index (κ3) is 3.20. The highest BCUT2D eigenvalue weighted by Crippen LogP contribution is 2.29. The van der Waals surface area contributed by atoms with Crippen molar-refractivity contribution in [2.45, 2.75) is 4.90 Å². The summed E-state index contributed by atoms with van der Waals surface area (Å²) in [5.74, 6) is 0. The van der Waals surface area contributed by atoms with Crippen LogP contribution in [0.2, 0.25) is 0 Å². The van der Waals surface area contributed by atoms with Crippen LogP contribution in [-0.2, 0) is 0 Å². The molecule has 102 valence electrons. The van der Waals surface area contributed by atoms with Gasteiger partial charge in [-0.05, 0) is 34.5 Å². The second-order valence-corrected chi connectivity index (χ2v) is 5.34. The molecule has 0 heterocycles. The fourth-order valence-corrected chi connectivity index (χ4v) is 2.75. The Balaban J connectivity index is 1.83. The first-order valence-corrected chi connectivity index (χ1v) is 7.42. The number of hydrogen-bond acceptors (Lipinski definition) is 3. The van der Waals surface area contributed by atoms with E-state index in [1.807, 2.05) is 42.5 Å². The van der Waals surface area contributed by atoms with Crippen molar-refractivity contribution < 1.29 is 0 Å². The van der Waals surface area contributed by atoms with Crippen LogP contribution < -0.4 is 0 Å². The molecule has 0 aliphatic carbocycles. The molecule has 0 saturated carbocycles. The van der Waals surface area contributed by atoms with Crippen LogP contribution in [0.4, 0.5) is 5.69 Å². The Kier molecular flexibility index (Phi) is 4.12. The van der Waals surface area contributed by atoms with E-state index in [4.69, 9.17) is 0 Å². The van der Waals surface area contributed by atoms with Crippen LogP contribution in [0.3, 0.4) is 0 Å². The predicted octanol–water partition coefficient (Wildman–Crippen LogP) is 6.27. The molecule has 0 unspecified atom stereocenters. The van der Waals surface area contributed by atoms with Gasteiger partial charge in [0.15, 0.2) is 0 Å². The highest BCUT2D eigenvalue weighted by Gasteiger charge is 2.00. The SMILES string of the molecule is C=Cc1cccc(N=NSc2cccc3ccccc23)c1. The molecule has 0 atom stereocenters. The van der Waals surface area contributed by atoms with E-state index >= 15 is 0 Å². The van der Waals surface area contributed by atoms with Gasteiger partial charge in [0, 0.05) is 16.8 Å². The van der Waals surface area contributed by atoms with E-state index in [0.29, 0.717) is 0 Å². The molecular weight excluding hydrogens is 276 g/mol. The first-order valence-electron chi connectivity index (χ1n) is 6.65. The molecule has 0 spiro atoms. The van der Waals surface area contributed by atoms with Gasteiger partial charge in [-0.15, -0.1) is 9.63 Å². The van der Waals surface area contributed by atoms with Gasteiger partial charge in [-0.25, -0.2) is 0 Å². The zero-order valence-electron chi connectivity index (χ0n) is 11.4. The summed E-state index contributed by atoms with van der Waals surface area (Å²) in [5.41, 5.74) is 1.88. The zero-order chi connectivity index (χ0) is 14.5. The maximum Gasteiger partial charge on any atom is 0.0869 e. The topological polar surface area (TPSA) is 24.7 Å². The molecule has 3 aromatic carbocycles. The average molecular weight is 290 g/mol. The van der Waals surface area contributed by atoms with Gasteiger partial charge >= 0.3 is 0 Å². The van der Waals surface area contributed by atoms with Crippen LogP contribution in [0.15, 0.2) is 87.8 Å². The molecule has 0 N–H and O–H groups in total. The molecule has 2 nitrogen and oxygen atoms in total. The van der Waals surface area contributed by atoms with Gasteiger partial charge in [0.1, 0.15) is 0 Å². The van der Waals surface area contributed by atoms with Crippen molar-refractivity contribution in [3.63, 3.8) is 0 Å². The molecule has 3 heteroatoms. The summed E-state index contributed by atoms with van der Waals surface area (Å²) >= 11 is 1.39. The van der Waals surface area contributed by atoms with E-state index in [1.165, 1.54) is 22.7 Å². The Hall–Kier alpha value is -2.39. The van der Waals surface area contributed by atoms with Crippen molar-refractivity contribution in [3.05, 3.63) is 78.9 Å². The first kappa shape index (κ1) is 13.6. The number of rotatable bonds is 4. The van der Waals surface area contributed by atoms with Gasteiger partial charge in [0.2, 0.25) is 0 Å². The number of benzene rings is 3. The Labute approximate surface area is 128 Å². The molecule has 0 saturated heterocycles. The molecule has 3 aromatic rings. The largest absolute Gasteiger partial charge is 0.143 e. The lowest BCUT2D eigenvalue weighted by atomic mass is 10.1. The standard InChI is InChI=1S/C18H14N2S/c1-2-14-7-5-10-16(13-14)19-20-21-18-12-6-9-15-8-3-4-11-17(15)18/h2-13H,1H2. The molecule has 0 aliphatic rings. The number of hydrogen-bond donors (Lipinski definition) is 0. The monoisotopic (exact) mass is 290 g/mol. The predicted molar refractivity (Wildman–Crippen MR) is 90.9 cm³/mol. The number of nitrogens with zero attached hydrogens (tertiary/aromatic N) is 2. The van der Waals surface area contributed by atoms with Crippen molar-refractivity contribution in [2.24, 2.45) is 9.63 Å². The lowest BCUT2D eigenvalue weighted by Crippen LogP contribution is -1.75. The second-order valence-electron chi connectivity index (χ2n) is 4.55. The maximum atomic E-state index is 4.26. The van der Waals surface area contributed by atoms with Crippen LogP contribution in [-0.4, -0.2) is 0 Å². The van der Waals surface area contributed by atoms with Gasteiger partial charge in [0.05, 0.1) is 5.69 Å². The van der Waals surface area contributed by atoms with Crippen molar-refractivity contribution >= 4 is 34.5 Å². The average Bonchev–Trinajstić information content (AvgIpc) is 2.55. The number of fused-ring (bicyclic) bond motifs is 1. The van der Waals surface area contributed by atoms with Crippen LogP contribution in [0.1, 0.15) is 5.56 Å². The third-order valence-corrected chi connectivity index (χ3v) is 3.87. The van der Waals surface area contributed by atoms with E-state index < -0.39 is 0 Å². The van der Waals surface area contributed by atoms with Crippen LogP contribution in [0.5, 0.6) is 0 Å². The summed E-state index contributed by atoms with van der Waals surface area (Å²) in [5, 5.41) is 6.67. The van der Waals surface area contributed by atoms with E-state index in [2.05, 4.69) is 40.5 Å². The Morgan fingerprint density at radius 2 is 1.71 bits per heavy atom. The Bertz CT molecular complexity index is 804. The Morgan fingerprint density at radius 3 is 2.62 bits per heavy atom. The summed E-state index contributed by atoms with van der Waals surface area (Å²) in [4.78, 5) is 1.11. The van der Waals surface area contributed by atoms with E-state index in [-0.39, 0.29) is 0 Å². The smallest absolute Gasteiger partial charge is 0.0869 e. The summed E-state index contributed by atoms with van der Waals surface area (Å²) in [6.45, 7) is 3.76. The minimum Gasteiger partial charge on any atom is -0.143 e. The van der Waals surface area contributed by atoms with Gasteiger partial charge < -0.3 is 0 Å². The first-order chi connectivity index (χ1) is 10.4. The van der Waals surface area contributed by atoms with Crippen LogP contribution >= 0.6 is 11.9 Å². The van der Waals surface area contributed by atoms with Gasteiger partial charge in [-0.3, -0.25) is 0 Å². The molecule has 0 bridgehead atoms. The minimum atomic E-state index is 0.833. The molecule has 0 aliphatic heterocycles. The summed E-state index contributed by atoms with van der Waals surface area (Å²) in [6.07, 6.45) is 1.80. The molecule has 0 radical (unpaired) electrons. The van der Waals surface area contributed by atoms with Crippen molar-refractivity contribution in [2.75, 3.05) is 0 Å². The van der Waals surface area contributed by atoms with Gasteiger partial charge in [-0.2, -0.15) is 0 Å². The van der Waals surface area contributed by atoms with Gasteiger partial charge in [0.25, 0.3) is 0 Å². The second kappa shape index (κ2) is 6.37. The van der Waals surface area contributed by atoms with Crippen LogP contribution in [0.25, 0.3) is 16.8 Å². The fourth-order valence-electron chi connectivity index (χ4n) is 2.10. The summed E-state index contributed by atoms with van der Waals surface area (Å²) in [7, 11) is 0. The lowest BCUT2D eigenvalue weighted by molar-refractivity contribution is 1.33. The van der Waals surface area contributed by atoms with Crippen molar-refractivity contribution in [3.8, 4) is 0 Å². The molecule has 0 amide bonds. The van der Waals surface area contributed by atoms with Crippen molar-refractivity contribution in [1.82, 2.24) is 0 Å². The normalized spacial score (nSPS) is 11.0. The highest BCUT2D eigenvalue weighted by atomic mass is 32.2. The van der Waals surface area contributed by atoms with Crippen LogP contribution in [0, 0.1) is 0 Å².